The van der Waals surface area contributed by atoms with Gasteiger partial charge in [0.05, 0.1) is 4.88 Å². The average Bonchev–Trinajstić information content (AvgIpc) is 2.90. The number of nitrogens with one attached hydrogen (secondary N) is 1. The van der Waals surface area contributed by atoms with E-state index in [2.05, 4.69) is 36.5 Å². The van der Waals surface area contributed by atoms with E-state index in [1.165, 1.54) is 22.5 Å². The van der Waals surface area contributed by atoms with Gasteiger partial charge in [-0.3, -0.25) is 4.79 Å². The number of hydrogen-bond donors (Lipinski definition) is 1. The van der Waals surface area contributed by atoms with Crippen molar-refractivity contribution in [1.82, 2.24) is 5.32 Å². The second-order valence-corrected chi connectivity index (χ2v) is 4.99. The molecular formula is C15H15NOS. The summed E-state index contributed by atoms with van der Waals surface area (Å²) in [6.45, 7) is 2.80. The van der Waals surface area contributed by atoms with Gasteiger partial charge in [0.1, 0.15) is 0 Å². The molecule has 1 heterocycles. The van der Waals surface area contributed by atoms with Gasteiger partial charge in [0.25, 0.3) is 0 Å². The van der Waals surface area contributed by atoms with Crippen molar-refractivity contribution in [3.63, 3.8) is 0 Å². The molecule has 1 aromatic carbocycles. The largest absolute Gasteiger partial charge is 0.387 e. The van der Waals surface area contributed by atoms with Crippen LogP contribution in [0.15, 0.2) is 54.1 Å². The van der Waals surface area contributed by atoms with Crippen LogP contribution in [0.1, 0.15) is 20.8 Å². The number of thiophene rings is 1. The molecule has 0 amide bonds. The molecule has 0 saturated heterocycles. The lowest BCUT2D eigenvalue weighted by Crippen LogP contribution is -2.05. The predicted octanol–water partition coefficient (Wildman–Crippen LogP) is 3.54. The van der Waals surface area contributed by atoms with Crippen LogP contribution in [-0.2, 0) is 6.54 Å². The Kier molecular flexibility index (Phi) is 4.31. The molecule has 18 heavy (non-hydrogen) atoms. The third-order valence-corrected chi connectivity index (χ3v) is 3.43. The third-order valence-electron chi connectivity index (χ3n) is 2.54. The lowest BCUT2D eigenvalue weighted by Gasteiger charge is -2.01. The van der Waals surface area contributed by atoms with Crippen LogP contribution in [0.2, 0.25) is 0 Å². The molecule has 0 saturated carbocycles. The smallest absolute Gasteiger partial charge is 0.197 e. The van der Waals surface area contributed by atoms with Gasteiger partial charge < -0.3 is 5.32 Å². The number of carbonyl (C=O) groups excluding carboxylic acids is 1. The summed E-state index contributed by atoms with van der Waals surface area (Å²) in [6, 6.07) is 12.0. The lowest BCUT2D eigenvalue weighted by molar-refractivity contribution is 0.105. The summed E-state index contributed by atoms with van der Waals surface area (Å²) in [7, 11) is 0. The Balaban J connectivity index is 1.82. The minimum absolute atomic E-state index is 0.0430. The lowest BCUT2D eigenvalue weighted by atomic mass is 10.1. The van der Waals surface area contributed by atoms with Gasteiger partial charge in [-0.05, 0) is 23.9 Å². The molecule has 0 spiro atoms. The average molecular weight is 257 g/mol. The zero-order valence-electron chi connectivity index (χ0n) is 10.2. The third kappa shape index (κ3) is 3.57. The van der Waals surface area contributed by atoms with Gasteiger partial charge in [-0.2, -0.15) is 0 Å². The van der Waals surface area contributed by atoms with Crippen LogP contribution in [-0.4, -0.2) is 5.78 Å². The quantitative estimate of drug-likeness (QED) is 0.655. The molecule has 0 aliphatic rings. The van der Waals surface area contributed by atoms with Crippen LogP contribution in [0.4, 0.5) is 0 Å². The fourth-order valence-corrected chi connectivity index (χ4v) is 2.16. The molecule has 2 nitrogen and oxygen atoms in total. The highest BCUT2D eigenvalue weighted by Crippen LogP contribution is 2.09. The van der Waals surface area contributed by atoms with Crippen molar-refractivity contribution in [2.24, 2.45) is 0 Å². The number of rotatable bonds is 5. The monoisotopic (exact) mass is 257 g/mol. The summed E-state index contributed by atoms with van der Waals surface area (Å²) in [6.07, 6.45) is 3.28. The zero-order valence-corrected chi connectivity index (χ0v) is 11.0. The second-order valence-electron chi connectivity index (χ2n) is 4.04. The highest BCUT2D eigenvalue weighted by Gasteiger charge is 2.00. The fourth-order valence-electron chi connectivity index (χ4n) is 1.52. The van der Waals surface area contributed by atoms with Crippen molar-refractivity contribution < 1.29 is 4.79 Å². The summed E-state index contributed by atoms with van der Waals surface area (Å²) < 4.78 is 0. The van der Waals surface area contributed by atoms with Crippen molar-refractivity contribution in [3.8, 4) is 0 Å². The zero-order chi connectivity index (χ0) is 12.8. The van der Waals surface area contributed by atoms with Crippen molar-refractivity contribution in [2.45, 2.75) is 13.5 Å². The van der Waals surface area contributed by atoms with E-state index < -0.39 is 0 Å². The summed E-state index contributed by atoms with van der Waals surface area (Å²) in [5.74, 6) is 0.0430. The molecule has 0 radical (unpaired) electrons. The van der Waals surface area contributed by atoms with E-state index in [4.69, 9.17) is 0 Å². The van der Waals surface area contributed by atoms with Crippen molar-refractivity contribution in [1.29, 1.82) is 0 Å². The SMILES string of the molecule is Cc1ccc(CNC=CC(=O)c2cccs2)cc1. The Morgan fingerprint density at radius 2 is 2.06 bits per heavy atom. The van der Waals surface area contributed by atoms with Crippen LogP contribution < -0.4 is 5.32 Å². The molecule has 1 aromatic heterocycles. The first-order valence-electron chi connectivity index (χ1n) is 5.79. The molecule has 0 unspecified atom stereocenters. The number of aryl methyl sites for hydroxylation is 1. The highest BCUT2D eigenvalue weighted by atomic mass is 32.1. The van der Waals surface area contributed by atoms with Crippen LogP contribution >= 0.6 is 11.3 Å². The van der Waals surface area contributed by atoms with Gasteiger partial charge >= 0.3 is 0 Å². The van der Waals surface area contributed by atoms with E-state index in [9.17, 15) is 4.79 Å². The first-order valence-corrected chi connectivity index (χ1v) is 6.67. The van der Waals surface area contributed by atoms with Crippen molar-refractivity contribution in [3.05, 3.63) is 70.1 Å². The molecular weight excluding hydrogens is 242 g/mol. The van der Waals surface area contributed by atoms with E-state index >= 15 is 0 Å². The molecule has 0 aliphatic heterocycles. The minimum Gasteiger partial charge on any atom is -0.387 e. The van der Waals surface area contributed by atoms with Gasteiger partial charge in [0.15, 0.2) is 5.78 Å². The van der Waals surface area contributed by atoms with Crippen LogP contribution in [0.25, 0.3) is 0 Å². The van der Waals surface area contributed by atoms with Gasteiger partial charge in [0.2, 0.25) is 0 Å². The van der Waals surface area contributed by atoms with Gasteiger partial charge in [-0.25, -0.2) is 0 Å². The van der Waals surface area contributed by atoms with Gasteiger partial charge in [-0.1, -0.05) is 35.9 Å². The highest BCUT2D eigenvalue weighted by molar-refractivity contribution is 7.12. The Bertz CT molecular complexity index is 526. The maximum atomic E-state index is 11.6. The first-order chi connectivity index (χ1) is 8.75. The number of benzene rings is 1. The minimum atomic E-state index is 0.0430. The maximum Gasteiger partial charge on any atom is 0.197 e. The molecule has 2 rings (SSSR count). The Labute approximate surface area is 111 Å². The summed E-state index contributed by atoms with van der Waals surface area (Å²) >= 11 is 1.46. The van der Waals surface area contributed by atoms with E-state index in [0.29, 0.717) is 0 Å². The number of allylic oxidation sites excluding steroid dienone is 1. The van der Waals surface area contributed by atoms with Crippen LogP contribution in [0.3, 0.4) is 0 Å². The molecule has 0 atom stereocenters. The first kappa shape index (κ1) is 12.6. The number of ketones is 1. The topological polar surface area (TPSA) is 29.1 Å². The predicted molar refractivity (Wildman–Crippen MR) is 75.8 cm³/mol. The molecule has 92 valence electrons. The van der Waals surface area contributed by atoms with Crippen molar-refractivity contribution in [2.75, 3.05) is 0 Å². The molecule has 0 aliphatic carbocycles. The number of hydrogen-bond acceptors (Lipinski definition) is 3. The normalized spacial score (nSPS) is 10.7. The number of carbonyl (C=O) groups is 1. The summed E-state index contributed by atoms with van der Waals surface area (Å²) in [5.41, 5.74) is 2.45. The Morgan fingerprint density at radius 3 is 2.72 bits per heavy atom. The second kappa shape index (κ2) is 6.17. The molecule has 3 heteroatoms. The van der Waals surface area contributed by atoms with E-state index in [0.717, 1.165) is 11.4 Å². The Hall–Kier alpha value is -1.87. The van der Waals surface area contributed by atoms with Crippen LogP contribution in [0, 0.1) is 6.92 Å². The van der Waals surface area contributed by atoms with E-state index in [-0.39, 0.29) is 5.78 Å². The van der Waals surface area contributed by atoms with Gasteiger partial charge in [-0.15, -0.1) is 11.3 Å². The van der Waals surface area contributed by atoms with Gasteiger partial charge in [0, 0.05) is 18.8 Å². The van der Waals surface area contributed by atoms with Crippen molar-refractivity contribution >= 4 is 17.1 Å². The van der Waals surface area contributed by atoms with Crippen LogP contribution in [0.5, 0.6) is 0 Å². The maximum absolute atomic E-state index is 11.6. The van der Waals surface area contributed by atoms with E-state index in [1.807, 2.05) is 17.5 Å². The fraction of sp³-hybridized carbons (Fsp3) is 0.133. The summed E-state index contributed by atoms with van der Waals surface area (Å²) in [4.78, 5) is 12.4. The van der Waals surface area contributed by atoms with E-state index in [1.54, 1.807) is 12.3 Å². The molecule has 1 N–H and O–H groups in total. The Morgan fingerprint density at radius 1 is 1.28 bits per heavy atom. The molecule has 2 aromatic rings. The molecule has 0 fully saturated rings. The molecule has 0 bridgehead atoms. The summed E-state index contributed by atoms with van der Waals surface area (Å²) in [5, 5.41) is 5.02. The standard InChI is InChI=1S/C15H15NOS/c1-12-4-6-13(7-5-12)11-16-9-8-14(17)15-3-2-10-18-15/h2-10,16H,11H2,1H3.